The maximum Gasteiger partial charge on any atom is 0.258 e. The molecule has 0 saturated heterocycles. The van der Waals surface area contributed by atoms with E-state index in [4.69, 9.17) is 9.47 Å². The maximum absolute atomic E-state index is 13.8. The van der Waals surface area contributed by atoms with Gasteiger partial charge in [0.1, 0.15) is 17.3 Å². The smallest absolute Gasteiger partial charge is 0.258 e. The fourth-order valence-corrected chi connectivity index (χ4v) is 3.18. The number of aliphatic hydroxyl groups is 1. The van der Waals surface area contributed by atoms with Gasteiger partial charge in [-0.05, 0) is 49.1 Å². The van der Waals surface area contributed by atoms with Gasteiger partial charge in [-0.2, -0.15) is 0 Å². The van der Waals surface area contributed by atoms with E-state index in [1.807, 2.05) is 18.2 Å². The molecule has 0 aliphatic heterocycles. The molecule has 2 aromatic carbocycles. The van der Waals surface area contributed by atoms with E-state index in [1.165, 1.54) is 19.2 Å². The summed E-state index contributed by atoms with van der Waals surface area (Å²) in [6, 6.07) is 12.8. The third-order valence-electron chi connectivity index (χ3n) is 4.58. The van der Waals surface area contributed by atoms with Gasteiger partial charge in [0.2, 0.25) is 0 Å². The second kappa shape index (κ2) is 8.19. The highest BCUT2D eigenvalue weighted by Gasteiger charge is 2.37. The molecule has 2 N–H and O–H groups in total. The number of aliphatic hydroxyl groups excluding tert-OH is 1. The summed E-state index contributed by atoms with van der Waals surface area (Å²) in [7, 11) is 1.50. The number of hydrogen-bond acceptors (Lipinski definition) is 4. The van der Waals surface area contributed by atoms with E-state index >= 15 is 0 Å². The number of benzene rings is 2. The number of hydrogen-bond donors (Lipinski definition) is 2. The number of carbonyl (C=O) groups is 1. The van der Waals surface area contributed by atoms with Crippen molar-refractivity contribution in [2.24, 2.45) is 5.92 Å². The molecule has 0 spiro atoms. The SMILES string of the molecule is COc1ccc(F)cc1C(NC(=O)COc1ccccc1)C1CC(O)C1. The summed E-state index contributed by atoms with van der Waals surface area (Å²) in [6.07, 6.45) is 0.702. The fourth-order valence-electron chi connectivity index (χ4n) is 3.18. The van der Waals surface area contributed by atoms with Crippen molar-refractivity contribution in [2.75, 3.05) is 13.7 Å². The van der Waals surface area contributed by atoms with Crippen molar-refractivity contribution in [2.45, 2.75) is 25.0 Å². The molecule has 138 valence electrons. The standard InChI is InChI=1S/C20H22FNO4/c1-25-18-8-7-14(21)11-17(18)20(13-9-15(23)10-13)22-19(24)12-26-16-5-3-2-4-6-16/h2-8,11,13,15,20,23H,9-10,12H2,1H3,(H,22,24). The fraction of sp³-hybridized carbons (Fsp3) is 0.350. The Bertz CT molecular complexity index is 747. The predicted molar refractivity (Wildman–Crippen MR) is 94.5 cm³/mol. The molecule has 1 amide bonds. The molecule has 0 bridgehead atoms. The Morgan fingerprint density at radius 1 is 1.27 bits per heavy atom. The molecular weight excluding hydrogens is 337 g/mol. The van der Waals surface area contributed by atoms with Crippen LogP contribution in [-0.4, -0.2) is 30.8 Å². The molecule has 1 saturated carbocycles. The van der Waals surface area contributed by atoms with Crippen molar-refractivity contribution in [1.82, 2.24) is 5.32 Å². The molecular formula is C20H22FNO4. The van der Waals surface area contributed by atoms with Crippen LogP contribution < -0.4 is 14.8 Å². The Hall–Kier alpha value is -2.60. The summed E-state index contributed by atoms with van der Waals surface area (Å²) in [5, 5.41) is 12.5. The van der Waals surface area contributed by atoms with Crippen molar-refractivity contribution in [3.05, 3.63) is 59.9 Å². The normalized spacial score (nSPS) is 20.0. The van der Waals surface area contributed by atoms with Gasteiger partial charge in [-0.15, -0.1) is 0 Å². The van der Waals surface area contributed by atoms with Crippen molar-refractivity contribution in [3.8, 4) is 11.5 Å². The lowest BCUT2D eigenvalue weighted by molar-refractivity contribution is -0.125. The first-order valence-corrected chi connectivity index (χ1v) is 8.55. The molecule has 0 aromatic heterocycles. The van der Waals surface area contributed by atoms with Gasteiger partial charge in [-0.3, -0.25) is 4.79 Å². The Kier molecular flexibility index (Phi) is 5.73. The number of nitrogens with one attached hydrogen (secondary N) is 1. The Morgan fingerprint density at radius 3 is 2.65 bits per heavy atom. The lowest BCUT2D eigenvalue weighted by Crippen LogP contribution is -2.43. The zero-order valence-corrected chi connectivity index (χ0v) is 14.5. The van der Waals surface area contributed by atoms with Gasteiger partial charge >= 0.3 is 0 Å². The Morgan fingerprint density at radius 2 is 2.00 bits per heavy atom. The molecule has 2 aromatic rings. The van der Waals surface area contributed by atoms with Crippen molar-refractivity contribution < 1.29 is 23.8 Å². The molecule has 1 unspecified atom stereocenters. The molecule has 6 heteroatoms. The van der Waals surface area contributed by atoms with Crippen LogP contribution in [0.4, 0.5) is 4.39 Å². The van der Waals surface area contributed by atoms with Crippen LogP contribution in [-0.2, 0) is 4.79 Å². The van der Waals surface area contributed by atoms with E-state index in [1.54, 1.807) is 18.2 Å². The maximum atomic E-state index is 13.8. The summed E-state index contributed by atoms with van der Waals surface area (Å²) >= 11 is 0. The molecule has 1 aliphatic rings. The molecule has 0 radical (unpaired) electrons. The highest BCUT2D eigenvalue weighted by Crippen LogP contribution is 2.41. The second-order valence-electron chi connectivity index (χ2n) is 6.42. The number of para-hydroxylation sites is 1. The highest BCUT2D eigenvalue weighted by atomic mass is 19.1. The molecule has 3 rings (SSSR count). The lowest BCUT2D eigenvalue weighted by atomic mass is 9.75. The molecule has 26 heavy (non-hydrogen) atoms. The summed E-state index contributed by atoms with van der Waals surface area (Å²) in [4.78, 5) is 12.4. The molecule has 5 nitrogen and oxygen atoms in total. The van der Waals surface area contributed by atoms with Gasteiger partial charge in [-0.1, -0.05) is 18.2 Å². The van der Waals surface area contributed by atoms with Crippen molar-refractivity contribution in [1.29, 1.82) is 0 Å². The van der Waals surface area contributed by atoms with Crippen LogP contribution in [0.3, 0.4) is 0 Å². The lowest BCUT2D eigenvalue weighted by Gasteiger charge is -2.38. The van der Waals surface area contributed by atoms with Gasteiger partial charge < -0.3 is 19.9 Å². The summed E-state index contributed by atoms with van der Waals surface area (Å²) in [5.74, 6) is 0.400. The number of halogens is 1. The van der Waals surface area contributed by atoms with E-state index < -0.39 is 11.9 Å². The zero-order valence-electron chi connectivity index (χ0n) is 14.5. The highest BCUT2D eigenvalue weighted by molar-refractivity contribution is 5.78. The summed E-state index contributed by atoms with van der Waals surface area (Å²) < 4.78 is 24.6. The Balaban J connectivity index is 1.72. The summed E-state index contributed by atoms with van der Waals surface area (Å²) in [5.41, 5.74) is 0.567. The quantitative estimate of drug-likeness (QED) is 0.798. The number of carbonyl (C=O) groups excluding carboxylic acids is 1. The minimum absolute atomic E-state index is 0.0152. The largest absolute Gasteiger partial charge is 0.496 e. The van der Waals surface area contributed by atoms with E-state index in [-0.39, 0.29) is 24.5 Å². The van der Waals surface area contributed by atoms with Crippen LogP contribution in [0.25, 0.3) is 0 Å². The minimum atomic E-state index is -0.448. The average molecular weight is 359 g/mol. The van der Waals surface area contributed by atoms with Crippen LogP contribution >= 0.6 is 0 Å². The number of ether oxygens (including phenoxy) is 2. The summed E-state index contributed by atoms with van der Waals surface area (Å²) in [6.45, 7) is -0.145. The van der Waals surface area contributed by atoms with Crippen molar-refractivity contribution >= 4 is 5.91 Å². The molecule has 1 aliphatic carbocycles. The number of rotatable bonds is 7. The zero-order chi connectivity index (χ0) is 18.5. The van der Waals surface area contributed by atoms with Crippen LogP contribution in [0.5, 0.6) is 11.5 Å². The van der Waals surface area contributed by atoms with Crippen molar-refractivity contribution in [3.63, 3.8) is 0 Å². The first-order chi connectivity index (χ1) is 12.6. The van der Waals surface area contributed by atoms with E-state index in [2.05, 4.69) is 5.32 Å². The second-order valence-corrected chi connectivity index (χ2v) is 6.42. The number of amides is 1. The minimum Gasteiger partial charge on any atom is -0.496 e. The van der Waals surface area contributed by atoms with Crippen LogP contribution in [0.1, 0.15) is 24.4 Å². The van der Waals surface area contributed by atoms with Gasteiger partial charge in [-0.25, -0.2) is 4.39 Å². The van der Waals surface area contributed by atoms with E-state index in [0.29, 0.717) is 29.9 Å². The monoisotopic (exact) mass is 359 g/mol. The Labute approximate surface area is 151 Å². The van der Waals surface area contributed by atoms with Crippen LogP contribution in [0.15, 0.2) is 48.5 Å². The van der Waals surface area contributed by atoms with E-state index in [9.17, 15) is 14.3 Å². The molecule has 1 atom stereocenters. The average Bonchev–Trinajstić information content (AvgIpc) is 2.63. The van der Waals surface area contributed by atoms with Crippen LogP contribution in [0, 0.1) is 11.7 Å². The first kappa shape index (κ1) is 18.2. The van der Waals surface area contributed by atoms with Gasteiger partial charge in [0.05, 0.1) is 19.3 Å². The molecule has 1 fully saturated rings. The third-order valence-corrected chi connectivity index (χ3v) is 4.58. The third kappa shape index (κ3) is 4.32. The first-order valence-electron chi connectivity index (χ1n) is 8.55. The topological polar surface area (TPSA) is 67.8 Å². The van der Waals surface area contributed by atoms with E-state index in [0.717, 1.165) is 0 Å². The molecule has 0 heterocycles. The van der Waals surface area contributed by atoms with Gasteiger partial charge in [0.15, 0.2) is 6.61 Å². The van der Waals surface area contributed by atoms with Crippen LogP contribution in [0.2, 0.25) is 0 Å². The van der Waals surface area contributed by atoms with Gasteiger partial charge in [0.25, 0.3) is 5.91 Å². The van der Waals surface area contributed by atoms with Gasteiger partial charge in [0, 0.05) is 5.56 Å². The number of methoxy groups -OCH3 is 1. The predicted octanol–water partition coefficient (Wildman–Crippen LogP) is 2.84.